The number of benzene rings is 1. The third-order valence-corrected chi connectivity index (χ3v) is 3.01. The minimum atomic E-state index is 0.252. The summed E-state index contributed by atoms with van der Waals surface area (Å²) in [4.78, 5) is 0. The van der Waals surface area contributed by atoms with Gasteiger partial charge >= 0.3 is 0 Å². The molecule has 1 saturated carbocycles. The van der Waals surface area contributed by atoms with Crippen molar-refractivity contribution in [2.45, 2.75) is 18.9 Å². The van der Waals surface area contributed by atoms with Crippen molar-refractivity contribution in [1.82, 2.24) is 5.32 Å². The number of ether oxygens (including phenoxy) is 1. The maximum absolute atomic E-state index is 9.03. The van der Waals surface area contributed by atoms with Gasteiger partial charge in [0.25, 0.3) is 0 Å². The van der Waals surface area contributed by atoms with E-state index in [0.29, 0.717) is 24.0 Å². The molecule has 1 fully saturated rings. The number of furan rings is 1. The SMILES string of the molecule is N#Cc1oc2ccccc2c1OCCNC1CC1. The second-order valence-electron chi connectivity index (χ2n) is 4.45. The smallest absolute Gasteiger partial charge is 0.246 e. The van der Waals surface area contributed by atoms with Gasteiger partial charge in [0.2, 0.25) is 5.76 Å². The van der Waals surface area contributed by atoms with Crippen LogP contribution in [0.1, 0.15) is 18.6 Å². The van der Waals surface area contributed by atoms with E-state index in [9.17, 15) is 0 Å². The maximum Gasteiger partial charge on any atom is 0.246 e. The molecular formula is C14H14N2O2. The standard InChI is InChI=1S/C14H14N2O2/c15-9-13-14(17-8-7-16-10-5-6-10)11-3-1-2-4-12(11)18-13/h1-4,10,16H,5-8H2. The van der Waals surface area contributed by atoms with E-state index in [4.69, 9.17) is 14.4 Å². The lowest BCUT2D eigenvalue weighted by molar-refractivity contribution is 0.311. The highest BCUT2D eigenvalue weighted by molar-refractivity contribution is 5.86. The third kappa shape index (κ3) is 2.18. The van der Waals surface area contributed by atoms with E-state index in [2.05, 4.69) is 5.32 Å². The summed E-state index contributed by atoms with van der Waals surface area (Å²) >= 11 is 0. The lowest BCUT2D eigenvalue weighted by Gasteiger charge is -2.05. The van der Waals surface area contributed by atoms with Crippen LogP contribution in [0.15, 0.2) is 28.7 Å². The molecule has 0 saturated heterocycles. The summed E-state index contributed by atoms with van der Waals surface area (Å²) in [7, 11) is 0. The van der Waals surface area contributed by atoms with Crippen LogP contribution in [0.2, 0.25) is 0 Å². The number of nitriles is 1. The Hall–Kier alpha value is -1.99. The van der Waals surface area contributed by atoms with Crippen molar-refractivity contribution in [2.24, 2.45) is 0 Å². The summed E-state index contributed by atoms with van der Waals surface area (Å²) in [6, 6.07) is 10.2. The molecule has 0 atom stereocenters. The van der Waals surface area contributed by atoms with Gasteiger partial charge in [-0.25, -0.2) is 0 Å². The van der Waals surface area contributed by atoms with Crippen molar-refractivity contribution in [3.8, 4) is 11.8 Å². The Bertz CT molecular complexity index is 593. The molecule has 1 aromatic heterocycles. The number of nitrogens with one attached hydrogen (secondary N) is 1. The molecule has 18 heavy (non-hydrogen) atoms. The lowest BCUT2D eigenvalue weighted by Crippen LogP contribution is -2.22. The predicted molar refractivity (Wildman–Crippen MR) is 67.4 cm³/mol. The molecule has 4 nitrogen and oxygen atoms in total. The Labute approximate surface area is 105 Å². The number of hydrogen-bond acceptors (Lipinski definition) is 4. The number of rotatable bonds is 5. The van der Waals surface area contributed by atoms with Crippen LogP contribution < -0.4 is 10.1 Å². The van der Waals surface area contributed by atoms with Gasteiger partial charge in [0, 0.05) is 12.6 Å². The van der Waals surface area contributed by atoms with Crippen LogP contribution in [-0.4, -0.2) is 19.2 Å². The van der Waals surface area contributed by atoms with Crippen molar-refractivity contribution in [1.29, 1.82) is 5.26 Å². The van der Waals surface area contributed by atoms with Crippen LogP contribution in [0.4, 0.5) is 0 Å². The molecule has 1 aliphatic rings. The van der Waals surface area contributed by atoms with Gasteiger partial charge in [-0.1, -0.05) is 12.1 Å². The van der Waals surface area contributed by atoms with E-state index in [1.54, 1.807) is 0 Å². The van der Waals surface area contributed by atoms with Crippen LogP contribution in [0.5, 0.6) is 5.75 Å². The van der Waals surface area contributed by atoms with Crippen molar-refractivity contribution in [3.63, 3.8) is 0 Å². The van der Waals surface area contributed by atoms with Gasteiger partial charge in [-0.2, -0.15) is 5.26 Å². The van der Waals surface area contributed by atoms with Gasteiger partial charge in [-0.15, -0.1) is 0 Å². The Balaban J connectivity index is 1.74. The average Bonchev–Trinajstić information content (AvgIpc) is 3.15. The highest BCUT2D eigenvalue weighted by atomic mass is 16.5. The molecule has 1 aliphatic carbocycles. The highest BCUT2D eigenvalue weighted by Gasteiger charge is 2.20. The first-order chi connectivity index (χ1) is 8.88. The Morgan fingerprint density at radius 3 is 3.00 bits per heavy atom. The van der Waals surface area contributed by atoms with Gasteiger partial charge in [0.15, 0.2) is 5.75 Å². The molecule has 4 heteroatoms. The summed E-state index contributed by atoms with van der Waals surface area (Å²) in [5.74, 6) is 0.813. The van der Waals surface area contributed by atoms with E-state index < -0.39 is 0 Å². The molecule has 2 aromatic rings. The second kappa shape index (κ2) is 4.71. The minimum Gasteiger partial charge on any atom is -0.487 e. The summed E-state index contributed by atoms with van der Waals surface area (Å²) in [5, 5.41) is 13.3. The highest BCUT2D eigenvalue weighted by Crippen LogP contribution is 2.32. The number of nitrogens with zero attached hydrogens (tertiary/aromatic N) is 1. The van der Waals surface area contributed by atoms with Gasteiger partial charge in [-0.05, 0) is 25.0 Å². The monoisotopic (exact) mass is 242 g/mol. The molecular weight excluding hydrogens is 228 g/mol. The lowest BCUT2D eigenvalue weighted by atomic mass is 10.2. The van der Waals surface area contributed by atoms with Crippen LogP contribution in [0, 0.1) is 11.3 Å². The van der Waals surface area contributed by atoms with E-state index >= 15 is 0 Å². The molecule has 3 rings (SSSR count). The maximum atomic E-state index is 9.03. The Kier molecular flexibility index (Phi) is 2.91. The van der Waals surface area contributed by atoms with Crippen molar-refractivity contribution >= 4 is 11.0 Å². The zero-order valence-electron chi connectivity index (χ0n) is 9.98. The molecule has 1 N–H and O–H groups in total. The average molecular weight is 242 g/mol. The summed E-state index contributed by atoms with van der Waals surface area (Å²) in [5.41, 5.74) is 0.694. The van der Waals surface area contributed by atoms with Crippen LogP contribution >= 0.6 is 0 Å². The first kappa shape index (κ1) is 11.1. The molecule has 0 radical (unpaired) electrons. The van der Waals surface area contributed by atoms with Crippen molar-refractivity contribution in [2.75, 3.05) is 13.2 Å². The number of para-hydroxylation sites is 1. The Morgan fingerprint density at radius 2 is 2.22 bits per heavy atom. The summed E-state index contributed by atoms with van der Waals surface area (Å²) in [6.07, 6.45) is 2.52. The van der Waals surface area contributed by atoms with Crippen LogP contribution in [0.25, 0.3) is 11.0 Å². The van der Waals surface area contributed by atoms with E-state index in [1.165, 1.54) is 12.8 Å². The van der Waals surface area contributed by atoms with E-state index in [1.807, 2.05) is 30.3 Å². The first-order valence-corrected chi connectivity index (χ1v) is 6.16. The zero-order chi connectivity index (χ0) is 12.4. The number of hydrogen-bond donors (Lipinski definition) is 1. The number of fused-ring (bicyclic) bond motifs is 1. The molecule has 1 aromatic carbocycles. The van der Waals surface area contributed by atoms with Crippen molar-refractivity contribution < 1.29 is 9.15 Å². The topological polar surface area (TPSA) is 58.2 Å². The van der Waals surface area contributed by atoms with Crippen molar-refractivity contribution in [3.05, 3.63) is 30.0 Å². The molecule has 0 unspecified atom stereocenters. The third-order valence-electron chi connectivity index (χ3n) is 3.01. The molecule has 0 aliphatic heterocycles. The molecule has 0 amide bonds. The first-order valence-electron chi connectivity index (χ1n) is 6.16. The second-order valence-corrected chi connectivity index (χ2v) is 4.45. The molecule has 92 valence electrons. The quantitative estimate of drug-likeness (QED) is 0.818. The Morgan fingerprint density at radius 1 is 1.39 bits per heavy atom. The fraction of sp³-hybridized carbons (Fsp3) is 0.357. The van der Waals surface area contributed by atoms with Crippen LogP contribution in [0.3, 0.4) is 0 Å². The predicted octanol–water partition coefficient (Wildman–Crippen LogP) is 2.44. The fourth-order valence-corrected chi connectivity index (χ4v) is 1.94. The zero-order valence-corrected chi connectivity index (χ0v) is 9.98. The van der Waals surface area contributed by atoms with Gasteiger partial charge in [-0.3, -0.25) is 0 Å². The molecule has 0 spiro atoms. The minimum absolute atomic E-state index is 0.252. The van der Waals surface area contributed by atoms with Gasteiger partial charge < -0.3 is 14.5 Å². The summed E-state index contributed by atoms with van der Waals surface area (Å²) in [6.45, 7) is 1.35. The van der Waals surface area contributed by atoms with E-state index in [0.717, 1.165) is 11.9 Å². The molecule has 1 heterocycles. The fourth-order valence-electron chi connectivity index (χ4n) is 1.94. The largest absolute Gasteiger partial charge is 0.487 e. The van der Waals surface area contributed by atoms with Crippen LogP contribution in [-0.2, 0) is 0 Å². The van der Waals surface area contributed by atoms with Gasteiger partial charge in [0.05, 0.1) is 5.39 Å². The van der Waals surface area contributed by atoms with Gasteiger partial charge in [0.1, 0.15) is 18.3 Å². The summed E-state index contributed by atoms with van der Waals surface area (Å²) < 4.78 is 11.1. The van der Waals surface area contributed by atoms with E-state index in [-0.39, 0.29) is 5.76 Å². The normalized spacial score (nSPS) is 14.6. The molecule has 0 bridgehead atoms.